The van der Waals surface area contributed by atoms with Crippen molar-refractivity contribution < 1.29 is 19.0 Å². The van der Waals surface area contributed by atoms with Crippen molar-refractivity contribution in [3.05, 3.63) is 35.1 Å². The molecule has 0 bridgehead atoms. The summed E-state index contributed by atoms with van der Waals surface area (Å²) in [5.74, 6) is -1.65. The molecule has 0 aliphatic carbocycles. The smallest absolute Gasteiger partial charge is 0.335 e. The Labute approximate surface area is 107 Å². The zero-order valence-corrected chi connectivity index (χ0v) is 10.6. The quantitative estimate of drug-likeness (QED) is 0.721. The molecule has 0 radical (unpaired) electrons. The minimum absolute atomic E-state index is 0.0424. The van der Waals surface area contributed by atoms with Gasteiger partial charge in [-0.3, -0.25) is 0 Å². The fourth-order valence-corrected chi connectivity index (χ4v) is 1.61. The summed E-state index contributed by atoms with van der Waals surface area (Å²) < 4.78 is 18.9. The van der Waals surface area contributed by atoms with Crippen molar-refractivity contribution in [1.82, 2.24) is 0 Å². The lowest BCUT2D eigenvalue weighted by atomic mass is 10.1. The second-order valence-electron chi connectivity index (χ2n) is 4.22. The molecule has 4 heteroatoms. The Morgan fingerprint density at radius 3 is 2.72 bits per heavy atom. The van der Waals surface area contributed by atoms with Crippen molar-refractivity contribution in [2.24, 2.45) is 0 Å². The van der Waals surface area contributed by atoms with Crippen LogP contribution in [0, 0.1) is 5.82 Å². The van der Waals surface area contributed by atoms with Crippen molar-refractivity contribution in [3.8, 4) is 0 Å². The molecule has 0 saturated carbocycles. The molecule has 1 rings (SSSR count). The maximum absolute atomic E-state index is 13.5. The molecule has 1 aromatic carbocycles. The molecule has 0 amide bonds. The van der Waals surface area contributed by atoms with E-state index in [-0.39, 0.29) is 12.2 Å². The second-order valence-corrected chi connectivity index (χ2v) is 4.22. The van der Waals surface area contributed by atoms with Gasteiger partial charge < -0.3 is 9.84 Å². The first-order valence-electron chi connectivity index (χ1n) is 6.24. The molecule has 0 aromatic heterocycles. The SMILES string of the molecule is CCCCCCOCc1ccc(C(=O)O)cc1F. The number of carboxylic acid groups (broad SMARTS) is 1. The van der Waals surface area contributed by atoms with Gasteiger partial charge in [-0.05, 0) is 18.6 Å². The third kappa shape index (κ3) is 4.84. The predicted molar refractivity (Wildman–Crippen MR) is 67.2 cm³/mol. The minimum atomic E-state index is -1.12. The number of benzene rings is 1. The number of rotatable bonds is 8. The van der Waals surface area contributed by atoms with E-state index >= 15 is 0 Å². The van der Waals surface area contributed by atoms with Crippen LogP contribution in [-0.2, 0) is 11.3 Å². The molecule has 100 valence electrons. The van der Waals surface area contributed by atoms with Crippen LogP contribution in [-0.4, -0.2) is 17.7 Å². The molecule has 0 aliphatic heterocycles. The zero-order valence-electron chi connectivity index (χ0n) is 10.6. The normalized spacial score (nSPS) is 10.6. The van der Waals surface area contributed by atoms with E-state index in [1.165, 1.54) is 25.0 Å². The van der Waals surface area contributed by atoms with Crippen LogP contribution in [0.2, 0.25) is 0 Å². The molecule has 0 atom stereocenters. The van der Waals surface area contributed by atoms with Crippen LogP contribution in [0.1, 0.15) is 48.5 Å². The Bertz CT molecular complexity index is 391. The number of carbonyl (C=O) groups is 1. The van der Waals surface area contributed by atoms with Gasteiger partial charge in [-0.15, -0.1) is 0 Å². The number of hydrogen-bond donors (Lipinski definition) is 1. The van der Waals surface area contributed by atoms with Crippen molar-refractivity contribution in [1.29, 1.82) is 0 Å². The lowest BCUT2D eigenvalue weighted by molar-refractivity contribution is 0.0696. The van der Waals surface area contributed by atoms with E-state index < -0.39 is 11.8 Å². The number of hydrogen-bond acceptors (Lipinski definition) is 2. The van der Waals surface area contributed by atoms with Crippen LogP contribution in [0.5, 0.6) is 0 Å². The maximum atomic E-state index is 13.5. The van der Waals surface area contributed by atoms with Crippen LogP contribution < -0.4 is 0 Å². The average Bonchev–Trinajstić information content (AvgIpc) is 2.35. The van der Waals surface area contributed by atoms with Gasteiger partial charge in [-0.2, -0.15) is 0 Å². The molecule has 0 saturated heterocycles. The van der Waals surface area contributed by atoms with Gasteiger partial charge in [-0.25, -0.2) is 9.18 Å². The third-order valence-corrected chi connectivity index (χ3v) is 2.70. The molecule has 0 spiro atoms. The number of carboxylic acids is 1. The van der Waals surface area contributed by atoms with Crippen LogP contribution in [0.3, 0.4) is 0 Å². The van der Waals surface area contributed by atoms with Crippen molar-refractivity contribution in [2.75, 3.05) is 6.61 Å². The van der Waals surface area contributed by atoms with Crippen molar-refractivity contribution in [3.63, 3.8) is 0 Å². The van der Waals surface area contributed by atoms with Gasteiger partial charge in [0.05, 0.1) is 12.2 Å². The highest BCUT2D eigenvalue weighted by Crippen LogP contribution is 2.12. The summed E-state index contributed by atoms with van der Waals surface area (Å²) in [7, 11) is 0. The molecule has 0 unspecified atom stereocenters. The number of halogens is 1. The summed E-state index contributed by atoms with van der Waals surface area (Å²) in [6.07, 6.45) is 4.45. The van der Waals surface area contributed by atoms with E-state index in [2.05, 4.69) is 6.92 Å². The van der Waals surface area contributed by atoms with Gasteiger partial charge in [-0.1, -0.05) is 32.3 Å². The highest BCUT2D eigenvalue weighted by atomic mass is 19.1. The lowest BCUT2D eigenvalue weighted by Crippen LogP contribution is -2.02. The van der Waals surface area contributed by atoms with Crippen molar-refractivity contribution >= 4 is 5.97 Å². The average molecular weight is 254 g/mol. The second kappa shape index (κ2) is 7.82. The summed E-state index contributed by atoms with van der Waals surface area (Å²) in [6.45, 7) is 2.94. The first kappa shape index (κ1) is 14.6. The van der Waals surface area contributed by atoms with Gasteiger partial charge in [0.1, 0.15) is 5.82 Å². The standard InChI is InChI=1S/C14H19FO3/c1-2-3-4-5-8-18-10-12-7-6-11(14(16)17)9-13(12)15/h6-7,9H,2-5,8,10H2,1H3,(H,16,17). The van der Waals surface area contributed by atoms with Gasteiger partial charge in [0, 0.05) is 12.2 Å². The van der Waals surface area contributed by atoms with Gasteiger partial charge in [0.25, 0.3) is 0 Å². The summed E-state index contributed by atoms with van der Waals surface area (Å²) >= 11 is 0. The topological polar surface area (TPSA) is 46.5 Å². The predicted octanol–water partition coefficient (Wildman–Crippen LogP) is 3.62. The zero-order chi connectivity index (χ0) is 13.4. The summed E-state index contributed by atoms with van der Waals surface area (Å²) in [5, 5.41) is 8.70. The molecule has 18 heavy (non-hydrogen) atoms. The number of unbranched alkanes of at least 4 members (excludes halogenated alkanes) is 3. The molecular formula is C14H19FO3. The van der Waals surface area contributed by atoms with Gasteiger partial charge >= 0.3 is 5.97 Å². The van der Waals surface area contributed by atoms with Crippen LogP contribution in [0.4, 0.5) is 4.39 Å². The van der Waals surface area contributed by atoms with Crippen LogP contribution >= 0.6 is 0 Å². The lowest BCUT2D eigenvalue weighted by Gasteiger charge is -2.06. The van der Waals surface area contributed by atoms with E-state index in [0.29, 0.717) is 12.2 Å². The summed E-state index contributed by atoms with van der Waals surface area (Å²) in [5.41, 5.74) is 0.356. The molecule has 3 nitrogen and oxygen atoms in total. The van der Waals surface area contributed by atoms with E-state index in [4.69, 9.17) is 9.84 Å². The van der Waals surface area contributed by atoms with Crippen LogP contribution in [0.25, 0.3) is 0 Å². The third-order valence-electron chi connectivity index (χ3n) is 2.70. The minimum Gasteiger partial charge on any atom is -0.478 e. The number of ether oxygens (including phenoxy) is 1. The molecule has 0 fully saturated rings. The first-order valence-corrected chi connectivity index (χ1v) is 6.24. The fraction of sp³-hybridized carbons (Fsp3) is 0.500. The van der Waals surface area contributed by atoms with Gasteiger partial charge in [0.2, 0.25) is 0 Å². The number of aromatic carboxylic acids is 1. The van der Waals surface area contributed by atoms with Gasteiger partial charge in [0.15, 0.2) is 0 Å². The molecular weight excluding hydrogens is 235 g/mol. The largest absolute Gasteiger partial charge is 0.478 e. The summed E-state index contributed by atoms with van der Waals surface area (Å²) in [4.78, 5) is 10.6. The Kier molecular flexibility index (Phi) is 6.36. The molecule has 0 aliphatic rings. The highest BCUT2D eigenvalue weighted by Gasteiger charge is 2.08. The Balaban J connectivity index is 2.36. The maximum Gasteiger partial charge on any atom is 0.335 e. The monoisotopic (exact) mass is 254 g/mol. The Morgan fingerprint density at radius 1 is 1.33 bits per heavy atom. The van der Waals surface area contributed by atoms with E-state index in [1.807, 2.05) is 0 Å². The molecule has 1 aromatic rings. The Morgan fingerprint density at radius 2 is 2.11 bits per heavy atom. The van der Waals surface area contributed by atoms with E-state index in [9.17, 15) is 9.18 Å². The van der Waals surface area contributed by atoms with E-state index in [0.717, 1.165) is 18.9 Å². The summed E-state index contributed by atoms with van der Waals surface area (Å²) in [6, 6.07) is 3.88. The van der Waals surface area contributed by atoms with Crippen LogP contribution in [0.15, 0.2) is 18.2 Å². The van der Waals surface area contributed by atoms with Crippen molar-refractivity contribution in [2.45, 2.75) is 39.2 Å². The fourth-order valence-electron chi connectivity index (χ4n) is 1.61. The first-order chi connectivity index (χ1) is 8.65. The highest BCUT2D eigenvalue weighted by molar-refractivity contribution is 5.87. The Hall–Kier alpha value is -1.42. The molecule has 1 N–H and O–H groups in total. The molecule has 0 heterocycles. The van der Waals surface area contributed by atoms with E-state index in [1.54, 1.807) is 0 Å².